The van der Waals surface area contributed by atoms with Crippen molar-refractivity contribution in [2.24, 2.45) is 0 Å². The predicted octanol–water partition coefficient (Wildman–Crippen LogP) is -1.84. The third-order valence-corrected chi connectivity index (χ3v) is 1.12. The van der Waals surface area contributed by atoms with E-state index in [1.807, 2.05) is 6.92 Å². The van der Waals surface area contributed by atoms with Gasteiger partial charge in [0.2, 0.25) is 0 Å². The summed E-state index contributed by atoms with van der Waals surface area (Å²) in [6.07, 6.45) is 0. The quantitative estimate of drug-likeness (QED) is 0.476. The average Bonchev–Trinajstić information content (AvgIpc) is 1.88. The van der Waals surface area contributed by atoms with Crippen molar-refractivity contribution in [2.75, 3.05) is 6.61 Å². The molecule has 0 spiro atoms. The molecule has 0 fully saturated rings. The van der Waals surface area contributed by atoms with Crippen LogP contribution in [0.4, 0.5) is 0 Å². The maximum absolute atomic E-state index is 10.7. The molecule has 1 rings (SSSR count). The number of hydrogen-bond acceptors (Lipinski definition) is 2. The number of benzene rings is 1. The largest absolute Gasteiger partial charge is 1.00 e. The molecular weight excluding hydrogens is 151 g/mol. The van der Waals surface area contributed by atoms with Gasteiger partial charge < -0.3 is 9.84 Å². The van der Waals surface area contributed by atoms with Crippen molar-refractivity contribution < 1.29 is 39.4 Å². The maximum Gasteiger partial charge on any atom is 1.00 e. The van der Waals surface area contributed by atoms with Gasteiger partial charge in [0.15, 0.2) is 0 Å². The van der Waals surface area contributed by atoms with Gasteiger partial charge in [0, 0.05) is 0 Å². The van der Waals surface area contributed by atoms with E-state index < -0.39 is 0 Å². The summed E-state index contributed by atoms with van der Waals surface area (Å²) in [5.74, 6) is 0.640. The van der Waals surface area contributed by atoms with Gasteiger partial charge >= 0.3 is 29.6 Å². The molecule has 0 bridgehead atoms. The molecule has 0 aliphatic carbocycles. The Kier molecular flexibility index (Phi) is 5.38. The Morgan fingerprint density at radius 2 is 2.18 bits per heavy atom. The van der Waals surface area contributed by atoms with Crippen LogP contribution in [0, 0.1) is 0 Å². The second-order valence-corrected chi connectivity index (χ2v) is 1.91. The van der Waals surface area contributed by atoms with Gasteiger partial charge in [-0.15, -0.1) is 5.75 Å². The maximum atomic E-state index is 10.7. The van der Waals surface area contributed by atoms with Crippen molar-refractivity contribution >= 4 is 0 Å². The van der Waals surface area contributed by atoms with Crippen LogP contribution >= 0.6 is 0 Å². The van der Waals surface area contributed by atoms with Crippen molar-refractivity contribution in [1.82, 2.24) is 0 Å². The molecule has 2 nitrogen and oxygen atoms in total. The monoisotopic (exact) mass is 160 g/mol. The number of hydrogen-bond donors (Lipinski definition) is 0. The minimum Gasteiger partial charge on any atom is -0.872 e. The Morgan fingerprint density at radius 1 is 1.45 bits per heavy atom. The van der Waals surface area contributed by atoms with Crippen molar-refractivity contribution in [2.45, 2.75) is 6.92 Å². The van der Waals surface area contributed by atoms with Crippen LogP contribution in [-0.2, 0) is 0 Å². The summed E-state index contributed by atoms with van der Waals surface area (Å²) in [6, 6.07) is 6.43. The molecule has 0 saturated heterocycles. The fourth-order valence-electron chi connectivity index (χ4n) is 0.731. The van der Waals surface area contributed by atoms with Gasteiger partial charge in [-0.3, -0.25) is 0 Å². The van der Waals surface area contributed by atoms with Crippen LogP contribution in [0.3, 0.4) is 0 Å². The van der Waals surface area contributed by atoms with E-state index >= 15 is 0 Å². The van der Waals surface area contributed by atoms with E-state index in [-0.39, 0.29) is 35.3 Å². The molecule has 0 radical (unpaired) electrons. The molecule has 0 atom stereocenters. The first kappa shape index (κ1) is 10.8. The van der Waals surface area contributed by atoms with E-state index in [1.165, 1.54) is 12.1 Å². The fourth-order valence-corrected chi connectivity index (χ4v) is 0.731. The van der Waals surface area contributed by atoms with Crippen LogP contribution in [0.15, 0.2) is 24.3 Å². The van der Waals surface area contributed by atoms with Crippen LogP contribution in [0.2, 0.25) is 0 Å². The smallest absolute Gasteiger partial charge is 0.872 e. The number of rotatable bonds is 2. The Morgan fingerprint density at radius 3 is 2.73 bits per heavy atom. The van der Waals surface area contributed by atoms with Gasteiger partial charge in [0.1, 0.15) is 5.75 Å². The molecule has 0 amide bonds. The first-order chi connectivity index (χ1) is 4.83. The van der Waals surface area contributed by atoms with Gasteiger partial charge in [-0.05, 0) is 19.1 Å². The van der Waals surface area contributed by atoms with Gasteiger partial charge in [-0.1, -0.05) is 12.1 Å². The van der Waals surface area contributed by atoms with E-state index in [4.69, 9.17) is 4.74 Å². The molecule has 0 unspecified atom stereocenters. The van der Waals surface area contributed by atoms with E-state index in [0.717, 1.165) is 0 Å². The van der Waals surface area contributed by atoms with Crippen LogP contribution in [-0.4, -0.2) is 6.61 Å². The summed E-state index contributed by atoms with van der Waals surface area (Å²) in [6.45, 7) is 2.49. The summed E-state index contributed by atoms with van der Waals surface area (Å²) >= 11 is 0. The van der Waals surface area contributed by atoms with Crippen LogP contribution in [0.25, 0.3) is 0 Å². The Bertz CT molecular complexity index is 213. The van der Waals surface area contributed by atoms with Gasteiger partial charge in [0.05, 0.1) is 6.61 Å². The molecule has 3 heteroatoms. The SMILES string of the molecule is CCOc1cccc([O-])c1.[Na+]. The first-order valence-electron chi connectivity index (χ1n) is 3.23. The zero-order valence-electron chi connectivity index (χ0n) is 6.83. The Labute approximate surface area is 88.5 Å². The molecule has 0 N–H and O–H groups in total. The average molecular weight is 160 g/mol. The minimum atomic E-state index is -0.00838. The number of ether oxygens (including phenoxy) is 1. The van der Waals surface area contributed by atoms with Crippen molar-refractivity contribution in [3.05, 3.63) is 24.3 Å². The third-order valence-electron chi connectivity index (χ3n) is 1.12. The van der Waals surface area contributed by atoms with Gasteiger partial charge in [0.25, 0.3) is 0 Å². The van der Waals surface area contributed by atoms with Crippen molar-refractivity contribution in [3.63, 3.8) is 0 Å². The molecule has 0 aromatic heterocycles. The molecular formula is C8H9NaO2. The summed E-state index contributed by atoms with van der Waals surface area (Å²) in [4.78, 5) is 0. The molecule has 1 aromatic carbocycles. The van der Waals surface area contributed by atoms with Crippen molar-refractivity contribution in [1.29, 1.82) is 0 Å². The molecule has 54 valence electrons. The zero-order chi connectivity index (χ0) is 7.40. The first-order valence-corrected chi connectivity index (χ1v) is 3.23. The topological polar surface area (TPSA) is 32.3 Å². The normalized spacial score (nSPS) is 8.45. The predicted molar refractivity (Wildman–Crippen MR) is 37.1 cm³/mol. The molecule has 0 saturated carbocycles. The second kappa shape index (κ2) is 5.47. The molecule has 1 aromatic rings. The minimum absolute atomic E-state index is 0. The second-order valence-electron chi connectivity index (χ2n) is 1.91. The van der Waals surface area contributed by atoms with Crippen LogP contribution < -0.4 is 39.4 Å². The van der Waals surface area contributed by atoms with Crippen LogP contribution in [0.5, 0.6) is 11.5 Å². The van der Waals surface area contributed by atoms with Crippen molar-refractivity contribution in [3.8, 4) is 11.5 Å². The molecule has 11 heavy (non-hydrogen) atoms. The summed E-state index contributed by atoms with van der Waals surface area (Å²) in [7, 11) is 0. The van der Waals surface area contributed by atoms with Crippen LogP contribution in [0.1, 0.15) is 6.92 Å². The zero-order valence-corrected chi connectivity index (χ0v) is 8.83. The van der Waals surface area contributed by atoms with Gasteiger partial charge in [-0.2, -0.15) is 0 Å². The van der Waals surface area contributed by atoms with Gasteiger partial charge in [-0.25, -0.2) is 0 Å². The van der Waals surface area contributed by atoms with E-state index in [1.54, 1.807) is 12.1 Å². The third kappa shape index (κ3) is 3.65. The Hall–Kier alpha value is -0.180. The standard InChI is InChI=1S/C8H10O2.Na/c1-2-10-8-5-3-4-7(9)6-8;/h3-6,9H,2H2,1H3;/q;+1/p-1. The summed E-state index contributed by atoms with van der Waals surface area (Å²) in [5, 5.41) is 10.7. The van der Waals surface area contributed by atoms with E-state index in [2.05, 4.69) is 0 Å². The molecule has 0 heterocycles. The molecule has 0 aliphatic heterocycles. The Balaban J connectivity index is 0.000001000. The van der Waals surface area contributed by atoms with E-state index in [0.29, 0.717) is 12.4 Å². The summed E-state index contributed by atoms with van der Waals surface area (Å²) < 4.78 is 5.09. The summed E-state index contributed by atoms with van der Waals surface area (Å²) in [5.41, 5.74) is 0. The molecule has 0 aliphatic rings. The van der Waals surface area contributed by atoms with E-state index in [9.17, 15) is 5.11 Å². The fraction of sp³-hybridized carbons (Fsp3) is 0.250.